The van der Waals surface area contributed by atoms with Crippen LogP contribution in [-0.2, 0) is 20.0 Å². The third-order valence-electron chi connectivity index (χ3n) is 5.70. The Morgan fingerprint density at radius 1 is 1.20 bits per heavy atom. The summed E-state index contributed by atoms with van der Waals surface area (Å²) >= 11 is 6.71. The van der Waals surface area contributed by atoms with Crippen LogP contribution in [0.2, 0.25) is 5.02 Å². The number of nitrogens with zero attached hydrogens (tertiary/aromatic N) is 5. The Balaban J connectivity index is 1.76. The summed E-state index contributed by atoms with van der Waals surface area (Å²) in [6, 6.07) is 10.4. The second kappa shape index (κ2) is 8.68. The van der Waals surface area contributed by atoms with Gasteiger partial charge in [-0.25, -0.2) is 0 Å². The van der Waals surface area contributed by atoms with Crippen LogP contribution in [0.4, 0.5) is 17.3 Å². The Labute approximate surface area is 184 Å². The van der Waals surface area contributed by atoms with Crippen molar-refractivity contribution in [1.29, 1.82) is 0 Å². The predicted molar refractivity (Wildman–Crippen MR) is 125 cm³/mol. The van der Waals surface area contributed by atoms with Crippen molar-refractivity contribution in [3.05, 3.63) is 63.9 Å². The zero-order chi connectivity index (χ0) is 21.3. The first kappa shape index (κ1) is 20.7. The van der Waals surface area contributed by atoms with Gasteiger partial charge in [0.05, 0.1) is 22.9 Å². The smallest absolute Gasteiger partial charge is 0.160 e. The van der Waals surface area contributed by atoms with Crippen LogP contribution in [0.25, 0.3) is 0 Å². The van der Waals surface area contributed by atoms with E-state index in [-0.39, 0.29) is 0 Å². The summed E-state index contributed by atoms with van der Waals surface area (Å²) < 4.78 is 2.04. The number of aryl methyl sites for hydroxylation is 3. The van der Waals surface area contributed by atoms with Crippen molar-refractivity contribution in [2.45, 2.75) is 46.6 Å². The summed E-state index contributed by atoms with van der Waals surface area (Å²) in [5.74, 6) is 2.23. The van der Waals surface area contributed by atoms with Crippen LogP contribution in [-0.4, -0.2) is 27.9 Å². The molecule has 0 saturated carbocycles. The van der Waals surface area contributed by atoms with Crippen molar-refractivity contribution in [1.82, 2.24) is 14.8 Å². The third-order valence-corrected chi connectivity index (χ3v) is 5.98. The molecule has 2 aromatic heterocycles. The van der Waals surface area contributed by atoms with Crippen LogP contribution >= 0.6 is 11.6 Å². The molecule has 3 aromatic rings. The lowest BCUT2D eigenvalue weighted by atomic mass is 10.0. The Kier molecular flexibility index (Phi) is 6.00. The standard InChI is InChI=1S/C24H30ClN5/c1-5-12-29(16-19-9-6-7-11-26-19)24-20-10-8-13-30(23(20)27-28(24)4)22-18(3)14-17(2)15-21(22)25/h6-7,9,11,14-15H,5,8,10,12-13,16H2,1-4H3. The molecule has 0 unspecified atom stereocenters. The highest BCUT2D eigenvalue weighted by Gasteiger charge is 2.30. The number of hydrogen-bond donors (Lipinski definition) is 0. The van der Waals surface area contributed by atoms with Gasteiger partial charge in [0.15, 0.2) is 5.82 Å². The van der Waals surface area contributed by atoms with E-state index in [0.717, 1.165) is 61.1 Å². The largest absolute Gasteiger partial charge is 0.351 e. The predicted octanol–water partition coefficient (Wildman–Crippen LogP) is 5.59. The fraction of sp³-hybridized carbons (Fsp3) is 0.417. The summed E-state index contributed by atoms with van der Waals surface area (Å²) in [4.78, 5) is 9.27. The zero-order valence-corrected chi connectivity index (χ0v) is 19.1. The SMILES string of the molecule is CCCN(Cc1ccccn1)c1c2c(nn1C)N(c1c(C)cc(C)cc1Cl)CCC2. The van der Waals surface area contributed by atoms with Gasteiger partial charge in [0.2, 0.25) is 0 Å². The van der Waals surface area contributed by atoms with Gasteiger partial charge in [0.25, 0.3) is 0 Å². The molecule has 6 heteroatoms. The average molecular weight is 424 g/mol. The summed E-state index contributed by atoms with van der Waals surface area (Å²) in [6.07, 6.45) is 5.04. The van der Waals surface area contributed by atoms with E-state index in [0.29, 0.717) is 0 Å². The van der Waals surface area contributed by atoms with Crippen LogP contribution in [0.3, 0.4) is 0 Å². The fourth-order valence-corrected chi connectivity index (χ4v) is 5.01. The summed E-state index contributed by atoms with van der Waals surface area (Å²) in [5.41, 5.74) is 5.85. The van der Waals surface area contributed by atoms with Gasteiger partial charge in [-0.3, -0.25) is 9.67 Å². The number of anilines is 3. The number of halogens is 1. The molecule has 1 aliphatic rings. The van der Waals surface area contributed by atoms with E-state index in [1.807, 2.05) is 23.0 Å². The number of rotatable bonds is 6. The lowest BCUT2D eigenvalue weighted by Gasteiger charge is -2.31. The molecule has 4 rings (SSSR count). The summed E-state index contributed by atoms with van der Waals surface area (Å²) in [6.45, 7) is 9.12. The first-order valence-electron chi connectivity index (χ1n) is 10.7. The van der Waals surface area contributed by atoms with Crippen LogP contribution in [0.5, 0.6) is 0 Å². The highest BCUT2D eigenvalue weighted by molar-refractivity contribution is 6.33. The van der Waals surface area contributed by atoms with E-state index in [1.54, 1.807) is 0 Å². The summed E-state index contributed by atoms with van der Waals surface area (Å²) in [7, 11) is 2.05. The van der Waals surface area contributed by atoms with Gasteiger partial charge in [-0.05, 0) is 62.4 Å². The molecule has 30 heavy (non-hydrogen) atoms. The number of fused-ring (bicyclic) bond motifs is 1. The summed E-state index contributed by atoms with van der Waals surface area (Å²) in [5, 5.41) is 5.78. The highest BCUT2D eigenvalue weighted by Crippen LogP contribution is 2.42. The Hall–Kier alpha value is -2.53. The van der Waals surface area contributed by atoms with Crippen molar-refractivity contribution >= 4 is 28.9 Å². The molecule has 1 aliphatic heterocycles. The molecule has 1 aromatic carbocycles. The van der Waals surface area contributed by atoms with Crippen LogP contribution in [0, 0.1) is 13.8 Å². The molecule has 0 aliphatic carbocycles. The van der Waals surface area contributed by atoms with Crippen LogP contribution < -0.4 is 9.80 Å². The van der Waals surface area contributed by atoms with Gasteiger partial charge in [0.1, 0.15) is 5.82 Å². The van der Waals surface area contributed by atoms with Crippen LogP contribution in [0.15, 0.2) is 36.5 Å². The molecule has 3 heterocycles. The molecule has 0 bridgehead atoms. The van der Waals surface area contributed by atoms with E-state index in [2.05, 4.69) is 60.8 Å². The van der Waals surface area contributed by atoms with Gasteiger partial charge in [-0.1, -0.05) is 30.7 Å². The Morgan fingerprint density at radius 2 is 2.03 bits per heavy atom. The van der Waals surface area contributed by atoms with Gasteiger partial charge in [-0.15, -0.1) is 0 Å². The first-order chi connectivity index (χ1) is 14.5. The molecular formula is C24H30ClN5. The van der Waals surface area contributed by atoms with Crippen molar-refractivity contribution in [2.75, 3.05) is 22.9 Å². The fourth-order valence-electron chi connectivity index (χ4n) is 4.59. The van der Waals surface area contributed by atoms with E-state index < -0.39 is 0 Å². The lowest BCUT2D eigenvalue weighted by Crippen LogP contribution is -2.29. The minimum atomic E-state index is 0.783. The molecule has 0 spiro atoms. The minimum absolute atomic E-state index is 0.783. The number of pyridine rings is 1. The second-order valence-electron chi connectivity index (χ2n) is 8.16. The van der Waals surface area contributed by atoms with Gasteiger partial charge >= 0.3 is 0 Å². The maximum absolute atomic E-state index is 6.71. The van der Waals surface area contributed by atoms with Gasteiger partial charge in [-0.2, -0.15) is 5.10 Å². The number of aromatic nitrogens is 3. The van der Waals surface area contributed by atoms with Crippen molar-refractivity contribution < 1.29 is 0 Å². The molecule has 0 atom stereocenters. The van der Waals surface area contributed by atoms with E-state index in [9.17, 15) is 0 Å². The Bertz CT molecular complexity index is 1000. The highest BCUT2D eigenvalue weighted by atomic mass is 35.5. The molecule has 0 radical (unpaired) electrons. The van der Waals surface area contributed by atoms with Crippen LogP contribution in [0.1, 0.15) is 42.1 Å². The molecule has 0 N–H and O–H groups in total. The average Bonchev–Trinajstić information content (AvgIpc) is 3.04. The van der Waals surface area contributed by atoms with Gasteiger partial charge in [0, 0.05) is 31.9 Å². The first-order valence-corrected chi connectivity index (χ1v) is 11.1. The topological polar surface area (TPSA) is 37.2 Å². The lowest BCUT2D eigenvalue weighted by molar-refractivity contribution is 0.680. The number of hydrogen-bond acceptors (Lipinski definition) is 4. The Morgan fingerprint density at radius 3 is 2.73 bits per heavy atom. The number of benzene rings is 1. The molecule has 0 amide bonds. The quantitative estimate of drug-likeness (QED) is 0.518. The molecule has 0 fully saturated rings. The van der Waals surface area contributed by atoms with Crippen molar-refractivity contribution in [3.63, 3.8) is 0 Å². The second-order valence-corrected chi connectivity index (χ2v) is 8.57. The normalized spacial score (nSPS) is 13.4. The van der Waals surface area contributed by atoms with E-state index in [1.165, 1.54) is 22.5 Å². The maximum atomic E-state index is 6.71. The van der Waals surface area contributed by atoms with E-state index in [4.69, 9.17) is 16.7 Å². The monoisotopic (exact) mass is 423 g/mol. The zero-order valence-electron chi connectivity index (χ0n) is 18.3. The molecule has 5 nitrogen and oxygen atoms in total. The molecule has 158 valence electrons. The maximum Gasteiger partial charge on any atom is 0.160 e. The molecule has 0 saturated heterocycles. The van der Waals surface area contributed by atoms with Crippen molar-refractivity contribution in [2.24, 2.45) is 7.05 Å². The van der Waals surface area contributed by atoms with E-state index >= 15 is 0 Å². The van der Waals surface area contributed by atoms with Crippen molar-refractivity contribution in [3.8, 4) is 0 Å². The minimum Gasteiger partial charge on any atom is -0.351 e. The van der Waals surface area contributed by atoms with Gasteiger partial charge < -0.3 is 9.80 Å². The molecular weight excluding hydrogens is 394 g/mol. The third kappa shape index (κ3) is 3.91.